The normalized spacial score (nSPS) is 17.8. The lowest BCUT2D eigenvalue weighted by Crippen LogP contribution is -2.39. The Labute approximate surface area is 149 Å². The molecule has 1 aliphatic heterocycles. The molecular weight excluding hydrogens is 336 g/mol. The standard InChI is InChI=1S/C17H20N6O3/c1-10-7-17(25)23-15(18-10)8-13(19-23)14-5-3-4-6-22(14)16(24)9-12-11(2)20-26-21-12/h7-8,14,19H,3-6,9H2,1-2H3/t14-/m1/s1. The molecule has 26 heavy (non-hydrogen) atoms. The van der Waals surface area contributed by atoms with Gasteiger partial charge in [0.25, 0.3) is 5.56 Å². The zero-order valence-electron chi connectivity index (χ0n) is 14.7. The number of rotatable bonds is 3. The van der Waals surface area contributed by atoms with Gasteiger partial charge in [-0.2, -0.15) is 0 Å². The molecule has 1 N–H and O–H groups in total. The van der Waals surface area contributed by atoms with Gasteiger partial charge in [0.2, 0.25) is 5.91 Å². The summed E-state index contributed by atoms with van der Waals surface area (Å²) in [4.78, 5) is 31.2. The van der Waals surface area contributed by atoms with Gasteiger partial charge in [0.15, 0.2) is 5.65 Å². The summed E-state index contributed by atoms with van der Waals surface area (Å²) in [6.45, 7) is 4.23. The Hall–Kier alpha value is -2.97. The van der Waals surface area contributed by atoms with Gasteiger partial charge in [-0.05, 0) is 33.1 Å². The second-order valence-electron chi connectivity index (χ2n) is 6.71. The average Bonchev–Trinajstić information content (AvgIpc) is 3.21. The first-order chi connectivity index (χ1) is 12.5. The molecule has 0 bridgehead atoms. The quantitative estimate of drug-likeness (QED) is 0.758. The van der Waals surface area contributed by atoms with Crippen LogP contribution >= 0.6 is 0 Å². The number of aromatic amines is 1. The molecule has 9 nitrogen and oxygen atoms in total. The van der Waals surface area contributed by atoms with E-state index < -0.39 is 0 Å². The Morgan fingerprint density at radius 1 is 1.31 bits per heavy atom. The highest BCUT2D eigenvalue weighted by Gasteiger charge is 2.30. The topological polar surface area (TPSA) is 109 Å². The molecule has 9 heteroatoms. The number of amides is 1. The van der Waals surface area contributed by atoms with Crippen molar-refractivity contribution in [1.29, 1.82) is 0 Å². The van der Waals surface area contributed by atoms with Crippen molar-refractivity contribution in [1.82, 2.24) is 29.8 Å². The summed E-state index contributed by atoms with van der Waals surface area (Å²) in [6.07, 6.45) is 2.97. The fourth-order valence-corrected chi connectivity index (χ4v) is 3.51. The van der Waals surface area contributed by atoms with E-state index in [9.17, 15) is 9.59 Å². The molecule has 0 radical (unpaired) electrons. The van der Waals surface area contributed by atoms with Crippen molar-refractivity contribution >= 4 is 11.6 Å². The summed E-state index contributed by atoms with van der Waals surface area (Å²) < 4.78 is 6.11. The number of aromatic nitrogens is 5. The van der Waals surface area contributed by atoms with Crippen molar-refractivity contribution in [3.8, 4) is 0 Å². The predicted molar refractivity (Wildman–Crippen MR) is 91.6 cm³/mol. The Balaban J connectivity index is 1.65. The molecule has 1 atom stereocenters. The zero-order valence-corrected chi connectivity index (χ0v) is 14.7. The third-order valence-corrected chi connectivity index (χ3v) is 4.85. The minimum absolute atomic E-state index is 0.0244. The van der Waals surface area contributed by atoms with Crippen LogP contribution in [0.3, 0.4) is 0 Å². The molecule has 1 saturated heterocycles. The number of fused-ring (bicyclic) bond motifs is 1. The van der Waals surface area contributed by atoms with Crippen LogP contribution in [0.15, 0.2) is 21.6 Å². The van der Waals surface area contributed by atoms with E-state index in [-0.39, 0.29) is 23.9 Å². The van der Waals surface area contributed by atoms with Crippen molar-refractivity contribution in [3.05, 3.63) is 45.3 Å². The van der Waals surface area contributed by atoms with Gasteiger partial charge >= 0.3 is 0 Å². The average molecular weight is 356 g/mol. The van der Waals surface area contributed by atoms with Crippen LogP contribution in [0.2, 0.25) is 0 Å². The highest BCUT2D eigenvalue weighted by molar-refractivity contribution is 5.79. The van der Waals surface area contributed by atoms with Crippen LogP contribution in [0.5, 0.6) is 0 Å². The summed E-state index contributed by atoms with van der Waals surface area (Å²) in [5.41, 5.74) is 3.10. The number of aryl methyl sites for hydroxylation is 2. The molecule has 0 aromatic carbocycles. The highest BCUT2D eigenvalue weighted by Crippen LogP contribution is 2.31. The first kappa shape index (κ1) is 16.5. The number of piperidine rings is 1. The van der Waals surface area contributed by atoms with Gasteiger partial charge < -0.3 is 4.90 Å². The molecule has 4 rings (SSSR count). The molecule has 3 aromatic rings. The number of hydrogen-bond donors (Lipinski definition) is 1. The predicted octanol–water partition coefficient (Wildman–Crippen LogP) is 1.32. The third-order valence-electron chi connectivity index (χ3n) is 4.85. The summed E-state index contributed by atoms with van der Waals surface area (Å²) in [5, 5.41) is 10.7. The molecule has 1 aliphatic rings. The van der Waals surface area contributed by atoms with Crippen molar-refractivity contribution in [2.24, 2.45) is 0 Å². The molecule has 0 saturated carbocycles. The SMILES string of the molecule is Cc1cc(=O)n2[nH]c([C@H]3CCCCN3C(=O)Cc3nonc3C)cc2n1. The lowest BCUT2D eigenvalue weighted by Gasteiger charge is -2.35. The second kappa shape index (κ2) is 6.40. The number of nitrogens with zero attached hydrogens (tertiary/aromatic N) is 5. The number of nitrogens with one attached hydrogen (secondary N) is 1. The van der Waals surface area contributed by atoms with Crippen LogP contribution < -0.4 is 5.56 Å². The molecular formula is C17H20N6O3. The molecule has 1 fully saturated rings. The number of carbonyl (C=O) groups excluding carboxylic acids is 1. The van der Waals surface area contributed by atoms with Gasteiger partial charge in [-0.15, -0.1) is 0 Å². The lowest BCUT2D eigenvalue weighted by molar-refractivity contribution is -0.134. The summed E-state index contributed by atoms with van der Waals surface area (Å²) >= 11 is 0. The lowest BCUT2D eigenvalue weighted by atomic mass is 9.98. The van der Waals surface area contributed by atoms with Crippen molar-refractivity contribution < 1.29 is 9.42 Å². The molecule has 4 heterocycles. The van der Waals surface area contributed by atoms with E-state index >= 15 is 0 Å². The minimum Gasteiger partial charge on any atom is -0.334 e. The monoisotopic (exact) mass is 356 g/mol. The van der Waals surface area contributed by atoms with Crippen LogP contribution in [0.25, 0.3) is 5.65 Å². The van der Waals surface area contributed by atoms with Crippen LogP contribution in [0.1, 0.15) is 48.1 Å². The Morgan fingerprint density at radius 3 is 2.92 bits per heavy atom. The first-order valence-electron chi connectivity index (χ1n) is 8.70. The Bertz CT molecular complexity index is 1020. The summed E-state index contributed by atoms with van der Waals surface area (Å²) in [5.74, 6) is -0.0244. The summed E-state index contributed by atoms with van der Waals surface area (Å²) in [6, 6.07) is 3.23. The Morgan fingerprint density at radius 2 is 2.15 bits per heavy atom. The number of hydrogen-bond acceptors (Lipinski definition) is 6. The van der Waals surface area contributed by atoms with Gasteiger partial charge in [0, 0.05) is 24.4 Å². The molecule has 3 aromatic heterocycles. The fraction of sp³-hybridized carbons (Fsp3) is 0.471. The van der Waals surface area contributed by atoms with E-state index in [0.717, 1.165) is 25.0 Å². The highest BCUT2D eigenvalue weighted by atomic mass is 16.6. The largest absolute Gasteiger partial charge is 0.334 e. The maximum atomic E-state index is 12.9. The molecule has 0 spiro atoms. The van der Waals surface area contributed by atoms with E-state index in [4.69, 9.17) is 0 Å². The molecule has 1 amide bonds. The maximum Gasteiger partial charge on any atom is 0.272 e. The fourth-order valence-electron chi connectivity index (χ4n) is 3.51. The number of H-pyrrole nitrogens is 1. The van der Waals surface area contributed by atoms with Gasteiger partial charge in [-0.1, -0.05) is 10.3 Å². The second-order valence-corrected chi connectivity index (χ2v) is 6.71. The number of carbonyl (C=O) groups is 1. The van der Waals surface area contributed by atoms with E-state index in [1.807, 2.05) is 11.0 Å². The van der Waals surface area contributed by atoms with Gasteiger partial charge in [0.05, 0.1) is 18.2 Å². The van der Waals surface area contributed by atoms with Crippen LogP contribution in [-0.4, -0.2) is 42.3 Å². The minimum atomic E-state index is -0.156. The van der Waals surface area contributed by atoms with E-state index in [2.05, 4.69) is 25.0 Å². The molecule has 0 unspecified atom stereocenters. The third kappa shape index (κ3) is 2.89. The zero-order chi connectivity index (χ0) is 18.3. The van der Waals surface area contributed by atoms with Crippen molar-refractivity contribution in [2.75, 3.05) is 6.54 Å². The smallest absolute Gasteiger partial charge is 0.272 e. The van der Waals surface area contributed by atoms with Crippen molar-refractivity contribution in [3.63, 3.8) is 0 Å². The van der Waals surface area contributed by atoms with Gasteiger partial charge in [0.1, 0.15) is 11.4 Å². The molecule has 136 valence electrons. The van der Waals surface area contributed by atoms with Gasteiger partial charge in [-0.3, -0.25) is 14.7 Å². The van der Waals surface area contributed by atoms with Crippen molar-refractivity contribution in [2.45, 2.75) is 45.6 Å². The molecule has 0 aliphatic carbocycles. The maximum absolute atomic E-state index is 12.9. The van der Waals surface area contributed by atoms with Crippen LogP contribution in [0.4, 0.5) is 0 Å². The number of likely N-dealkylation sites (tertiary alicyclic amines) is 1. The first-order valence-corrected chi connectivity index (χ1v) is 8.70. The van der Waals surface area contributed by atoms with Gasteiger partial charge in [-0.25, -0.2) is 14.1 Å². The van der Waals surface area contributed by atoms with E-state index in [1.165, 1.54) is 10.6 Å². The van der Waals surface area contributed by atoms with E-state index in [0.29, 0.717) is 29.3 Å². The van der Waals surface area contributed by atoms with Crippen LogP contribution in [-0.2, 0) is 11.2 Å². The Kier molecular flexibility index (Phi) is 4.06. The van der Waals surface area contributed by atoms with E-state index in [1.54, 1.807) is 13.8 Å². The summed E-state index contributed by atoms with van der Waals surface area (Å²) in [7, 11) is 0. The van der Waals surface area contributed by atoms with Crippen LogP contribution in [0, 0.1) is 13.8 Å².